The predicted molar refractivity (Wildman–Crippen MR) is 115 cm³/mol. The summed E-state index contributed by atoms with van der Waals surface area (Å²) in [5, 5.41) is 10.1. The van der Waals surface area contributed by atoms with E-state index in [4.69, 9.17) is 15.7 Å². The molecule has 0 bridgehead atoms. The van der Waals surface area contributed by atoms with Crippen LogP contribution >= 0.6 is 0 Å². The molecule has 1 heterocycles. The van der Waals surface area contributed by atoms with Crippen molar-refractivity contribution in [1.29, 1.82) is 5.26 Å². The van der Waals surface area contributed by atoms with Gasteiger partial charge in [-0.15, -0.1) is 0 Å². The van der Waals surface area contributed by atoms with E-state index in [-0.39, 0.29) is 5.57 Å². The zero-order valence-corrected chi connectivity index (χ0v) is 17.0. The fourth-order valence-corrected chi connectivity index (χ4v) is 3.39. The standard InChI is InChI=1S/C24H25N3O2/c1-16(2)20-9-8-17(3)12-23(20)29-11-10-27-15-19(13-18(14-25)24(26)28)21-6-4-5-7-22(21)27/h4-9,12-13,15-16H,10-11H2,1-3H3,(H2,26,28)/b18-13+. The van der Waals surface area contributed by atoms with E-state index in [0.29, 0.717) is 19.1 Å². The molecule has 0 aliphatic heterocycles. The number of aromatic nitrogens is 1. The van der Waals surface area contributed by atoms with E-state index < -0.39 is 5.91 Å². The van der Waals surface area contributed by atoms with Crippen LogP contribution in [-0.4, -0.2) is 17.1 Å². The predicted octanol–water partition coefficient (Wildman–Crippen LogP) is 4.54. The van der Waals surface area contributed by atoms with Crippen molar-refractivity contribution in [2.24, 2.45) is 5.73 Å². The fraction of sp³-hybridized carbons (Fsp3) is 0.250. The Morgan fingerprint density at radius 1 is 1.28 bits per heavy atom. The van der Waals surface area contributed by atoms with Gasteiger partial charge >= 0.3 is 0 Å². The normalized spacial score (nSPS) is 11.6. The lowest BCUT2D eigenvalue weighted by Gasteiger charge is -2.15. The first-order valence-corrected chi connectivity index (χ1v) is 9.63. The number of fused-ring (bicyclic) bond motifs is 1. The Balaban J connectivity index is 1.86. The molecule has 3 aromatic rings. The summed E-state index contributed by atoms with van der Waals surface area (Å²) in [6.45, 7) is 7.51. The molecule has 0 spiro atoms. The van der Waals surface area contributed by atoms with E-state index in [9.17, 15) is 4.79 Å². The number of rotatable bonds is 7. The first-order chi connectivity index (χ1) is 13.9. The number of nitriles is 1. The van der Waals surface area contributed by atoms with Crippen molar-refractivity contribution in [3.8, 4) is 11.8 Å². The monoisotopic (exact) mass is 387 g/mol. The average molecular weight is 387 g/mol. The second kappa shape index (κ2) is 8.66. The topological polar surface area (TPSA) is 81.0 Å². The van der Waals surface area contributed by atoms with Crippen molar-refractivity contribution < 1.29 is 9.53 Å². The minimum Gasteiger partial charge on any atom is -0.491 e. The van der Waals surface area contributed by atoms with Crippen LogP contribution in [0.25, 0.3) is 17.0 Å². The van der Waals surface area contributed by atoms with Gasteiger partial charge in [-0.1, -0.05) is 44.2 Å². The number of nitrogens with two attached hydrogens (primary N) is 1. The Bertz CT molecular complexity index is 1120. The molecule has 0 aliphatic rings. The third-order valence-corrected chi connectivity index (χ3v) is 4.89. The smallest absolute Gasteiger partial charge is 0.259 e. The number of primary amides is 1. The van der Waals surface area contributed by atoms with Crippen molar-refractivity contribution in [3.05, 3.63) is 70.9 Å². The van der Waals surface area contributed by atoms with Gasteiger partial charge in [-0.2, -0.15) is 5.26 Å². The van der Waals surface area contributed by atoms with E-state index in [2.05, 4.69) is 43.5 Å². The lowest BCUT2D eigenvalue weighted by Crippen LogP contribution is -2.12. The Kier molecular flexibility index (Phi) is 6.04. The lowest BCUT2D eigenvalue weighted by molar-refractivity contribution is -0.114. The van der Waals surface area contributed by atoms with E-state index in [1.807, 2.05) is 36.5 Å². The van der Waals surface area contributed by atoms with Gasteiger partial charge < -0.3 is 15.0 Å². The van der Waals surface area contributed by atoms with Gasteiger partial charge in [-0.3, -0.25) is 4.79 Å². The van der Waals surface area contributed by atoms with Crippen LogP contribution in [0.4, 0.5) is 0 Å². The van der Waals surface area contributed by atoms with Crippen molar-refractivity contribution in [1.82, 2.24) is 4.57 Å². The van der Waals surface area contributed by atoms with Crippen molar-refractivity contribution in [2.45, 2.75) is 33.2 Å². The number of carbonyl (C=O) groups excluding carboxylic acids is 1. The summed E-state index contributed by atoms with van der Waals surface area (Å²) in [5.41, 5.74) is 9.38. The first kappa shape index (κ1) is 20.2. The molecule has 5 nitrogen and oxygen atoms in total. The maximum atomic E-state index is 11.4. The van der Waals surface area contributed by atoms with Crippen LogP contribution in [0.2, 0.25) is 0 Å². The summed E-state index contributed by atoms with van der Waals surface area (Å²) in [5.74, 6) is 0.568. The molecule has 148 valence electrons. The number of carbonyl (C=O) groups is 1. The van der Waals surface area contributed by atoms with Gasteiger partial charge in [0.05, 0.1) is 6.54 Å². The van der Waals surface area contributed by atoms with Gasteiger partial charge in [0.2, 0.25) is 0 Å². The third-order valence-electron chi connectivity index (χ3n) is 4.89. The number of amides is 1. The Morgan fingerprint density at radius 2 is 2.03 bits per heavy atom. The minimum atomic E-state index is -0.728. The average Bonchev–Trinajstić information content (AvgIpc) is 3.03. The minimum absolute atomic E-state index is 0.0644. The SMILES string of the molecule is Cc1ccc(C(C)C)c(OCCn2cc(/C=C(\C#N)C(N)=O)c3ccccc32)c1. The Hall–Kier alpha value is -3.52. The van der Waals surface area contributed by atoms with Crippen LogP contribution in [0.1, 0.15) is 36.5 Å². The fourth-order valence-electron chi connectivity index (χ4n) is 3.39. The lowest BCUT2D eigenvalue weighted by atomic mass is 10.0. The van der Waals surface area contributed by atoms with Crippen LogP contribution in [0.5, 0.6) is 5.75 Å². The van der Waals surface area contributed by atoms with Gasteiger partial charge in [-0.05, 0) is 42.2 Å². The van der Waals surface area contributed by atoms with Crippen LogP contribution in [0, 0.1) is 18.3 Å². The molecule has 1 aromatic heterocycles. The molecular formula is C24H25N3O2. The molecular weight excluding hydrogens is 362 g/mol. The summed E-state index contributed by atoms with van der Waals surface area (Å²) < 4.78 is 8.19. The van der Waals surface area contributed by atoms with E-state index in [0.717, 1.165) is 22.2 Å². The number of para-hydroxylation sites is 1. The summed E-state index contributed by atoms with van der Waals surface area (Å²) in [6.07, 6.45) is 3.47. The molecule has 0 saturated carbocycles. The quantitative estimate of drug-likeness (QED) is 0.477. The van der Waals surface area contributed by atoms with Crippen LogP contribution in [0.3, 0.4) is 0 Å². The second-order valence-electron chi connectivity index (χ2n) is 7.37. The Labute approximate surface area is 171 Å². The van der Waals surface area contributed by atoms with Gasteiger partial charge in [0.15, 0.2) is 0 Å². The van der Waals surface area contributed by atoms with Crippen molar-refractivity contribution >= 4 is 22.9 Å². The van der Waals surface area contributed by atoms with Gasteiger partial charge in [0.1, 0.15) is 24.0 Å². The van der Waals surface area contributed by atoms with Crippen LogP contribution in [0.15, 0.2) is 54.2 Å². The molecule has 0 saturated heterocycles. The maximum Gasteiger partial charge on any atom is 0.259 e. The van der Waals surface area contributed by atoms with Crippen LogP contribution in [-0.2, 0) is 11.3 Å². The molecule has 2 N–H and O–H groups in total. The highest BCUT2D eigenvalue weighted by atomic mass is 16.5. The van der Waals surface area contributed by atoms with Gasteiger partial charge in [0, 0.05) is 22.7 Å². The third kappa shape index (κ3) is 4.49. The van der Waals surface area contributed by atoms with E-state index in [1.54, 1.807) is 6.08 Å². The van der Waals surface area contributed by atoms with Crippen molar-refractivity contribution in [3.63, 3.8) is 0 Å². The zero-order valence-electron chi connectivity index (χ0n) is 17.0. The highest BCUT2D eigenvalue weighted by molar-refractivity contribution is 6.03. The summed E-state index contributed by atoms with van der Waals surface area (Å²) in [4.78, 5) is 11.4. The summed E-state index contributed by atoms with van der Waals surface area (Å²) in [6, 6.07) is 16.0. The molecule has 29 heavy (non-hydrogen) atoms. The molecule has 0 fully saturated rings. The molecule has 2 aromatic carbocycles. The number of benzene rings is 2. The number of ether oxygens (including phenoxy) is 1. The van der Waals surface area contributed by atoms with Crippen LogP contribution < -0.4 is 10.5 Å². The van der Waals surface area contributed by atoms with Gasteiger partial charge in [-0.25, -0.2) is 0 Å². The highest BCUT2D eigenvalue weighted by Gasteiger charge is 2.11. The van der Waals surface area contributed by atoms with Crippen molar-refractivity contribution in [2.75, 3.05) is 6.61 Å². The molecule has 0 aliphatic carbocycles. The summed E-state index contributed by atoms with van der Waals surface area (Å²) in [7, 11) is 0. The molecule has 0 atom stereocenters. The number of hydrogen-bond acceptors (Lipinski definition) is 3. The number of nitrogens with zero attached hydrogens (tertiary/aromatic N) is 2. The Morgan fingerprint density at radius 3 is 2.72 bits per heavy atom. The summed E-state index contributed by atoms with van der Waals surface area (Å²) >= 11 is 0. The maximum absolute atomic E-state index is 11.4. The molecule has 3 rings (SSSR count). The van der Waals surface area contributed by atoms with E-state index in [1.165, 1.54) is 11.1 Å². The highest BCUT2D eigenvalue weighted by Crippen LogP contribution is 2.28. The second-order valence-corrected chi connectivity index (χ2v) is 7.37. The zero-order chi connectivity index (χ0) is 21.0. The molecule has 1 amide bonds. The number of hydrogen-bond donors (Lipinski definition) is 1. The molecule has 0 radical (unpaired) electrons. The number of aryl methyl sites for hydroxylation is 1. The molecule has 0 unspecified atom stereocenters. The van der Waals surface area contributed by atoms with Gasteiger partial charge in [0.25, 0.3) is 5.91 Å². The molecule has 5 heteroatoms. The van der Waals surface area contributed by atoms with E-state index >= 15 is 0 Å². The first-order valence-electron chi connectivity index (χ1n) is 9.63. The largest absolute Gasteiger partial charge is 0.491 e.